The molecule has 62 valence electrons. The highest BCUT2D eigenvalue weighted by atomic mass is 14.8. The Labute approximate surface area is 64.2 Å². The minimum atomic E-state index is 0.638. The van der Waals surface area contributed by atoms with Gasteiger partial charge in [-0.15, -0.1) is 0 Å². The summed E-state index contributed by atoms with van der Waals surface area (Å²) >= 11 is 0. The average Bonchev–Trinajstić information content (AvgIpc) is 1.98. The molecule has 2 atom stereocenters. The molecule has 0 spiro atoms. The normalized spacial score (nSPS) is 16.8. The predicted molar refractivity (Wildman–Crippen MR) is 45.9 cm³/mol. The second kappa shape index (κ2) is 5.69. The predicted octanol–water partition coefficient (Wildman–Crippen LogP) is 0.827. The van der Waals surface area contributed by atoms with Gasteiger partial charge in [0.15, 0.2) is 0 Å². The maximum absolute atomic E-state index is 5.52. The molecule has 0 saturated carbocycles. The Hall–Kier alpha value is -0.0800. The van der Waals surface area contributed by atoms with E-state index in [4.69, 9.17) is 5.73 Å². The van der Waals surface area contributed by atoms with Crippen LogP contribution in [-0.4, -0.2) is 19.6 Å². The summed E-state index contributed by atoms with van der Waals surface area (Å²) in [6.07, 6.45) is 0. The molecule has 0 aromatic carbocycles. The highest BCUT2D eigenvalue weighted by Crippen LogP contribution is 2.06. The van der Waals surface area contributed by atoms with Crippen LogP contribution in [0.1, 0.15) is 20.8 Å². The summed E-state index contributed by atoms with van der Waals surface area (Å²) in [5.74, 6) is 1.34. The Morgan fingerprint density at radius 1 is 1.30 bits per heavy atom. The Morgan fingerprint density at radius 3 is 2.30 bits per heavy atom. The lowest BCUT2D eigenvalue weighted by molar-refractivity contribution is 0.378. The lowest BCUT2D eigenvalue weighted by Gasteiger charge is -2.17. The summed E-state index contributed by atoms with van der Waals surface area (Å²) in [4.78, 5) is 0. The molecule has 0 aliphatic rings. The summed E-state index contributed by atoms with van der Waals surface area (Å²) < 4.78 is 0. The molecule has 10 heavy (non-hydrogen) atoms. The zero-order chi connectivity index (χ0) is 7.98. The summed E-state index contributed by atoms with van der Waals surface area (Å²) in [6, 6.07) is 0. The first-order chi connectivity index (χ1) is 4.72. The van der Waals surface area contributed by atoms with Crippen molar-refractivity contribution in [3.05, 3.63) is 0 Å². The molecule has 3 N–H and O–H groups in total. The highest BCUT2D eigenvalue weighted by molar-refractivity contribution is 4.64. The van der Waals surface area contributed by atoms with Crippen molar-refractivity contribution in [2.45, 2.75) is 20.8 Å². The zero-order valence-corrected chi connectivity index (χ0v) is 7.35. The van der Waals surface area contributed by atoms with Gasteiger partial charge in [-0.1, -0.05) is 20.8 Å². The molecule has 0 saturated heterocycles. The van der Waals surface area contributed by atoms with Crippen molar-refractivity contribution >= 4 is 0 Å². The lowest BCUT2D eigenvalue weighted by atomic mass is 9.96. The van der Waals surface area contributed by atoms with Crippen molar-refractivity contribution in [3.8, 4) is 0 Å². The van der Waals surface area contributed by atoms with E-state index in [1.807, 2.05) is 0 Å². The van der Waals surface area contributed by atoms with Gasteiger partial charge >= 0.3 is 0 Å². The minimum Gasteiger partial charge on any atom is -0.330 e. The first-order valence-corrected chi connectivity index (χ1v) is 4.13. The van der Waals surface area contributed by atoms with Gasteiger partial charge in [0.05, 0.1) is 0 Å². The van der Waals surface area contributed by atoms with E-state index >= 15 is 0 Å². The van der Waals surface area contributed by atoms with E-state index in [1.165, 1.54) is 0 Å². The van der Waals surface area contributed by atoms with E-state index in [9.17, 15) is 0 Å². The van der Waals surface area contributed by atoms with Crippen LogP contribution in [0.2, 0.25) is 0 Å². The number of nitrogens with one attached hydrogen (secondary N) is 1. The van der Waals surface area contributed by atoms with Crippen molar-refractivity contribution in [3.63, 3.8) is 0 Å². The average molecular weight is 144 g/mol. The Balaban J connectivity index is 3.31. The fraction of sp³-hybridized carbons (Fsp3) is 1.00. The number of nitrogens with two attached hydrogens (primary N) is 1. The summed E-state index contributed by atoms with van der Waals surface area (Å²) in [5.41, 5.74) is 5.52. The second-order valence-corrected chi connectivity index (χ2v) is 3.00. The first kappa shape index (κ1) is 9.92. The van der Waals surface area contributed by atoms with Crippen molar-refractivity contribution in [2.75, 3.05) is 19.6 Å². The molecule has 0 aliphatic heterocycles. The maximum Gasteiger partial charge on any atom is -0.00203 e. The molecule has 0 bridgehead atoms. The van der Waals surface area contributed by atoms with Crippen LogP contribution in [0.4, 0.5) is 0 Å². The maximum atomic E-state index is 5.52. The van der Waals surface area contributed by atoms with E-state index in [0.29, 0.717) is 11.8 Å². The quantitative estimate of drug-likeness (QED) is 0.599. The minimum absolute atomic E-state index is 0.638. The van der Waals surface area contributed by atoms with Crippen molar-refractivity contribution in [1.82, 2.24) is 5.32 Å². The molecular weight excluding hydrogens is 124 g/mol. The molecule has 0 heterocycles. The zero-order valence-electron chi connectivity index (χ0n) is 7.35. The van der Waals surface area contributed by atoms with Gasteiger partial charge in [-0.2, -0.15) is 0 Å². The smallest absolute Gasteiger partial charge is 0.00203 e. The van der Waals surface area contributed by atoms with E-state index in [2.05, 4.69) is 26.1 Å². The molecule has 0 amide bonds. The van der Waals surface area contributed by atoms with E-state index in [0.717, 1.165) is 19.6 Å². The van der Waals surface area contributed by atoms with Gasteiger partial charge in [0.25, 0.3) is 0 Å². The standard InChI is InChI=1S/C8H20N2/c1-4-10-6-8(3)7(2)5-9/h7-8,10H,4-6,9H2,1-3H3/t7-,8?/m1/s1. The Bertz CT molecular complexity index is 73.7. The van der Waals surface area contributed by atoms with Crippen molar-refractivity contribution < 1.29 is 0 Å². The van der Waals surface area contributed by atoms with Gasteiger partial charge in [-0.25, -0.2) is 0 Å². The Kier molecular flexibility index (Phi) is 5.64. The van der Waals surface area contributed by atoms with Gasteiger partial charge in [0.2, 0.25) is 0 Å². The van der Waals surface area contributed by atoms with E-state index in [-0.39, 0.29) is 0 Å². The first-order valence-electron chi connectivity index (χ1n) is 4.13. The fourth-order valence-electron chi connectivity index (χ4n) is 0.806. The topological polar surface area (TPSA) is 38.0 Å². The second-order valence-electron chi connectivity index (χ2n) is 3.00. The third kappa shape index (κ3) is 3.85. The molecule has 2 heteroatoms. The SMILES string of the molecule is CCNCC(C)[C@H](C)CN. The third-order valence-electron chi connectivity index (χ3n) is 2.06. The van der Waals surface area contributed by atoms with Crippen molar-refractivity contribution in [1.29, 1.82) is 0 Å². The monoisotopic (exact) mass is 144 g/mol. The van der Waals surface area contributed by atoms with Crippen LogP contribution in [0, 0.1) is 11.8 Å². The van der Waals surface area contributed by atoms with Crippen LogP contribution in [0.5, 0.6) is 0 Å². The number of hydrogen-bond donors (Lipinski definition) is 2. The molecule has 0 aliphatic carbocycles. The molecule has 2 nitrogen and oxygen atoms in total. The molecule has 0 rings (SSSR count). The molecule has 0 fully saturated rings. The molecule has 1 unspecified atom stereocenters. The number of hydrogen-bond acceptors (Lipinski definition) is 2. The van der Waals surface area contributed by atoms with Crippen LogP contribution in [0.3, 0.4) is 0 Å². The highest BCUT2D eigenvalue weighted by Gasteiger charge is 2.08. The van der Waals surface area contributed by atoms with Gasteiger partial charge in [-0.05, 0) is 31.5 Å². The summed E-state index contributed by atoms with van der Waals surface area (Å²) in [6.45, 7) is 9.51. The van der Waals surface area contributed by atoms with E-state index < -0.39 is 0 Å². The van der Waals surface area contributed by atoms with Crippen LogP contribution in [0.15, 0.2) is 0 Å². The largest absolute Gasteiger partial charge is 0.330 e. The summed E-state index contributed by atoms with van der Waals surface area (Å²) in [7, 11) is 0. The van der Waals surface area contributed by atoms with Gasteiger partial charge in [-0.3, -0.25) is 0 Å². The van der Waals surface area contributed by atoms with Crippen LogP contribution in [-0.2, 0) is 0 Å². The molecular formula is C8H20N2. The molecule has 0 aromatic rings. The fourth-order valence-corrected chi connectivity index (χ4v) is 0.806. The molecule has 0 radical (unpaired) electrons. The lowest BCUT2D eigenvalue weighted by Crippen LogP contribution is -2.28. The number of rotatable bonds is 5. The van der Waals surface area contributed by atoms with Crippen LogP contribution >= 0.6 is 0 Å². The molecule has 0 aromatic heterocycles. The van der Waals surface area contributed by atoms with Crippen molar-refractivity contribution in [2.24, 2.45) is 17.6 Å². The van der Waals surface area contributed by atoms with Gasteiger partial charge < -0.3 is 11.1 Å². The van der Waals surface area contributed by atoms with Gasteiger partial charge in [0.1, 0.15) is 0 Å². The van der Waals surface area contributed by atoms with Gasteiger partial charge in [0, 0.05) is 0 Å². The van der Waals surface area contributed by atoms with Crippen LogP contribution in [0.25, 0.3) is 0 Å². The van der Waals surface area contributed by atoms with Crippen LogP contribution < -0.4 is 11.1 Å². The van der Waals surface area contributed by atoms with E-state index in [1.54, 1.807) is 0 Å². The third-order valence-corrected chi connectivity index (χ3v) is 2.06. The summed E-state index contributed by atoms with van der Waals surface area (Å²) in [5, 5.41) is 3.31. The Morgan fingerprint density at radius 2 is 1.90 bits per heavy atom.